The molecule has 1 rings (SSSR count). The fourth-order valence-corrected chi connectivity index (χ4v) is 0.744. The lowest BCUT2D eigenvalue weighted by molar-refractivity contribution is 0.886. The summed E-state index contributed by atoms with van der Waals surface area (Å²) in [5.74, 6) is 0. The van der Waals surface area contributed by atoms with Crippen LogP contribution in [-0.2, 0) is 0 Å². The quantitative estimate of drug-likeness (QED) is 0.555. The first-order valence-electron chi connectivity index (χ1n) is 2.98. The van der Waals surface area contributed by atoms with Gasteiger partial charge in [0.15, 0.2) is 5.11 Å². The number of rotatable bonds is 0. The molecule has 0 aliphatic rings. The minimum absolute atomic E-state index is 0.619. The molecule has 0 radical (unpaired) electrons. The summed E-state index contributed by atoms with van der Waals surface area (Å²) >= 11 is 4.92. The largest absolute Gasteiger partial charge is 0.364 e. The molecule has 0 saturated heterocycles. The van der Waals surface area contributed by atoms with E-state index in [2.05, 4.69) is 10.4 Å². The first-order valence-corrected chi connectivity index (χ1v) is 3.39. The molecule has 4 heteroatoms. The minimum atomic E-state index is 0.619. The van der Waals surface area contributed by atoms with Gasteiger partial charge in [0.05, 0.1) is 5.69 Å². The third kappa shape index (κ3) is 1.33. The van der Waals surface area contributed by atoms with E-state index in [-0.39, 0.29) is 0 Å². The van der Waals surface area contributed by atoms with Crippen molar-refractivity contribution in [2.75, 3.05) is 7.05 Å². The molecule has 0 aromatic carbocycles. The molecule has 1 N–H and O–H groups in total. The van der Waals surface area contributed by atoms with Crippen LogP contribution in [0.4, 0.5) is 0 Å². The molecule has 1 aromatic heterocycles. The van der Waals surface area contributed by atoms with Crippen LogP contribution in [0.25, 0.3) is 0 Å². The summed E-state index contributed by atoms with van der Waals surface area (Å²) in [7, 11) is 1.78. The molecule has 54 valence electrons. The second-order valence-corrected chi connectivity index (χ2v) is 2.34. The summed E-state index contributed by atoms with van der Waals surface area (Å²) in [4.78, 5) is 0. The summed E-state index contributed by atoms with van der Waals surface area (Å²) in [5.41, 5.74) is 0.970. The zero-order valence-corrected chi connectivity index (χ0v) is 6.77. The van der Waals surface area contributed by atoms with Crippen LogP contribution in [0.15, 0.2) is 12.3 Å². The average Bonchev–Trinajstić information content (AvgIpc) is 2.34. The van der Waals surface area contributed by atoms with Gasteiger partial charge in [-0.25, -0.2) is 4.68 Å². The van der Waals surface area contributed by atoms with Crippen LogP contribution in [0.1, 0.15) is 5.69 Å². The van der Waals surface area contributed by atoms with Crippen molar-refractivity contribution in [2.24, 2.45) is 0 Å². The molecule has 0 spiro atoms. The molecule has 0 aliphatic carbocycles. The maximum absolute atomic E-state index is 4.92. The molecule has 1 heterocycles. The molecule has 10 heavy (non-hydrogen) atoms. The topological polar surface area (TPSA) is 29.9 Å². The van der Waals surface area contributed by atoms with Crippen LogP contribution in [0.5, 0.6) is 0 Å². The number of aromatic nitrogens is 2. The van der Waals surface area contributed by atoms with Crippen molar-refractivity contribution in [1.82, 2.24) is 15.1 Å². The average molecular weight is 155 g/mol. The zero-order chi connectivity index (χ0) is 7.56. The fourth-order valence-electron chi connectivity index (χ4n) is 0.643. The molecular formula is C6H9N3S. The van der Waals surface area contributed by atoms with Crippen molar-refractivity contribution >= 4 is 17.3 Å². The molecule has 3 nitrogen and oxygen atoms in total. The van der Waals surface area contributed by atoms with Gasteiger partial charge in [-0.15, -0.1) is 0 Å². The normalized spacial score (nSPS) is 9.40. The second-order valence-electron chi connectivity index (χ2n) is 1.96. The maximum Gasteiger partial charge on any atom is 0.193 e. The molecule has 0 saturated carbocycles. The molecule has 1 aromatic rings. The van der Waals surface area contributed by atoms with E-state index < -0.39 is 0 Å². The van der Waals surface area contributed by atoms with Gasteiger partial charge in [0.25, 0.3) is 0 Å². The van der Waals surface area contributed by atoms with E-state index in [1.165, 1.54) is 0 Å². The van der Waals surface area contributed by atoms with E-state index >= 15 is 0 Å². The summed E-state index contributed by atoms with van der Waals surface area (Å²) in [5, 5.41) is 7.54. The summed E-state index contributed by atoms with van der Waals surface area (Å²) < 4.78 is 1.63. The van der Waals surface area contributed by atoms with E-state index in [1.807, 2.05) is 19.2 Å². The maximum atomic E-state index is 4.92. The molecule has 0 amide bonds. The highest BCUT2D eigenvalue weighted by Crippen LogP contribution is 1.90. The van der Waals surface area contributed by atoms with Gasteiger partial charge in [-0.05, 0) is 25.2 Å². The Bertz CT molecular complexity index is 241. The Balaban J connectivity index is 2.85. The van der Waals surface area contributed by atoms with E-state index in [0.29, 0.717) is 5.11 Å². The molecular weight excluding hydrogens is 146 g/mol. The molecule has 0 unspecified atom stereocenters. The zero-order valence-electron chi connectivity index (χ0n) is 5.96. The fraction of sp³-hybridized carbons (Fsp3) is 0.333. The van der Waals surface area contributed by atoms with E-state index in [1.54, 1.807) is 11.7 Å². The van der Waals surface area contributed by atoms with Gasteiger partial charge in [-0.1, -0.05) is 0 Å². The Morgan fingerprint density at radius 3 is 2.90 bits per heavy atom. The number of hydrogen-bond acceptors (Lipinski definition) is 2. The van der Waals surface area contributed by atoms with Crippen molar-refractivity contribution in [3.05, 3.63) is 18.0 Å². The van der Waals surface area contributed by atoms with Crippen LogP contribution < -0.4 is 5.32 Å². The smallest absolute Gasteiger partial charge is 0.193 e. The minimum Gasteiger partial charge on any atom is -0.364 e. The van der Waals surface area contributed by atoms with Crippen LogP contribution >= 0.6 is 12.2 Å². The first kappa shape index (κ1) is 7.21. The standard InChI is InChI=1S/C6H9N3S/c1-5-3-4-9(8-5)6(10)7-2/h3-4H,1-2H3,(H,7,10). The van der Waals surface area contributed by atoms with Crippen molar-refractivity contribution in [3.63, 3.8) is 0 Å². The van der Waals surface area contributed by atoms with Crippen LogP contribution in [0.3, 0.4) is 0 Å². The van der Waals surface area contributed by atoms with Gasteiger partial charge in [0.1, 0.15) is 0 Å². The highest BCUT2D eigenvalue weighted by atomic mass is 32.1. The monoisotopic (exact) mass is 155 g/mol. The summed E-state index contributed by atoms with van der Waals surface area (Å²) in [6, 6.07) is 1.91. The van der Waals surface area contributed by atoms with Crippen molar-refractivity contribution < 1.29 is 0 Å². The summed E-state index contributed by atoms with van der Waals surface area (Å²) in [6.45, 7) is 1.93. The van der Waals surface area contributed by atoms with Gasteiger partial charge in [0.2, 0.25) is 0 Å². The highest BCUT2D eigenvalue weighted by molar-refractivity contribution is 7.80. The van der Waals surface area contributed by atoms with E-state index in [9.17, 15) is 0 Å². The van der Waals surface area contributed by atoms with Crippen molar-refractivity contribution in [3.8, 4) is 0 Å². The number of hydrogen-bond donors (Lipinski definition) is 1. The SMILES string of the molecule is CNC(=S)n1ccc(C)n1. The number of nitrogens with one attached hydrogen (secondary N) is 1. The third-order valence-electron chi connectivity index (χ3n) is 1.14. The molecule has 0 bridgehead atoms. The Labute approximate surface area is 65.0 Å². The Morgan fingerprint density at radius 2 is 2.50 bits per heavy atom. The molecule has 0 atom stereocenters. The van der Waals surface area contributed by atoms with Gasteiger partial charge in [-0.2, -0.15) is 5.10 Å². The van der Waals surface area contributed by atoms with Gasteiger partial charge < -0.3 is 5.32 Å². The Kier molecular flexibility index (Phi) is 2.01. The highest BCUT2D eigenvalue weighted by Gasteiger charge is 1.95. The summed E-state index contributed by atoms with van der Waals surface area (Å²) in [6.07, 6.45) is 1.83. The predicted octanol–water partition coefficient (Wildman–Crippen LogP) is 0.544. The van der Waals surface area contributed by atoms with E-state index in [0.717, 1.165) is 5.69 Å². The van der Waals surface area contributed by atoms with Gasteiger partial charge >= 0.3 is 0 Å². The lowest BCUT2D eigenvalue weighted by atomic mass is 10.5. The lowest BCUT2D eigenvalue weighted by Crippen LogP contribution is -2.24. The van der Waals surface area contributed by atoms with Crippen LogP contribution in [0, 0.1) is 6.92 Å². The van der Waals surface area contributed by atoms with Crippen molar-refractivity contribution in [2.45, 2.75) is 6.92 Å². The lowest BCUT2D eigenvalue weighted by Gasteiger charge is -1.99. The van der Waals surface area contributed by atoms with Crippen LogP contribution in [0.2, 0.25) is 0 Å². The number of aryl methyl sites for hydroxylation is 1. The predicted molar refractivity (Wildman–Crippen MR) is 44.0 cm³/mol. The number of nitrogens with zero attached hydrogens (tertiary/aromatic N) is 2. The van der Waals surface area contributed by atoms with Crippen LogP contribution in [-0.4, -0.2) is 21.9 Å². The second kappa shape index (κ2) is 2.79. The van der Waals surface area contributed by atoms with Gasteiger partial charge in [0, 0.05) is 13.2 Å². The molecule has 0 fully saturated rings. The first-order chi connectivity index (χ1) is 4.74. The Morgan fingerprint density at radius 1 is 1.80 bits per heavy atom. The molecule has 0 aliphatic heterocycles. The Hall–Kier alpha value is -0.900. The van der Waals surface area contributed by atoms with E-state index in [4.69, 9.17) is 12.2 Å². The third-order valence-corrected chi connectivity index (χ3v) is 1.54. The number of thiocarbonyl (C=S) groups is 1. The van der Waals surface area contributed by atoms with Gasteiger partial charge in [-0.3, -0.25) is 0 Å². The van der Waals surface area contributed by atoms with Crippen molar-refractivity contribution in [1.29, 1.82) is 0 Å².